The predicted molar refractivity (Wildman–Crippen MR) is 91.6 cm³/mol. The topological polar surface area (TPSA) is 43.1 Å². The van der Waals surface area contributed by atoms with Crippen LogP contribution in [0.25, 0.3) is 28.2 Å². The van der Waals surface area contributed by atoms with Crippen LogP contribution in [0.15, 0.2) is 55.1 Å². The molecule has 154 valence electrons. The molecule has 1 aromatic carbocycles. The molecule has 0 spiro atoms. The van der Waals surface area contributed by atoms with Gasteiger partial charge >= 0.3 is 12.4 Å². The number of benzene rings is 1. The Balaban J connectivity index is 1.96. The van der Waals surface area contributed by atoms with E-state index in [9.17, 15) is 30.7 Å². The van der Waals surface area contributed by atoms with Crippen molar-refractivity contribution in [3.8, 4) is 22.5 Å². The van der Waals surface area contributed by atoms with Gasteiger partial charge in [-0.2, -0.15) is 26.3 Å². The first-order valence-electron chi connectivity index (χ1n) is 8.28. The molecule has 0 fully saturated rings. The minimum atomic E-state index is -4.93. The van der Waals surface area contributed by atoms with E-state index in [4.69, 9.17) is 0 Å². The number of alkyl halides is 6. The number of pyridine rings is 1. The Morgan fingerprint density at radius 3 is 2.10 bits per heavy atom. The lowest BCUT2D eigenvalue weighted by molar-refractivity contribution is -0.142. The van der Waals surface area contributed by atoms with Crippen molar-refractivity contribution in [1.29, 1.82) is 0 Å². The molecule has 0 aliphatic heterocycles. The van der Waals surface area contributed by atoms with Gasteiger partial charge in [0.2, 0.25) is 0 Å². The maximum atomic E-state index is 14.0. The van der Waals surface area contributed by atoms with Crippen LogP contribution in [0.1, 0.15) is 11.3 Å². The summed E-state index contributed by atoms with van der Waals surface area (Å²) in [4.78, 5) is 11.9. The fourth-order valence-corrected chi connectivity index (χ4v) is 2.95. The van der Waals surface area contributed by atoms with Crippen LogP contribution in [-0.4, -0.2) is 19.4 Å². The summed E-state index contributed by atoms with van der Waals surface area (Å²) in [7, 11) is 0. The highest BCUT2D eigenvalue weighted by molar-refractivity contribution is 5.76. The molecule has 0 aliphatic carbocycles. The highest BCUT2D eigenvalue weighted by atomic mass is 19.4. The SMILES string of the molecule is Fc1cc(-c2cc(C(F)(F)F)n3cnc(-c4ccncc4)c3n2)ccc1C(F)(F)F. The maximum Gasteiger partial charge on any atom is 0.431 e. The fraction of sp³-hybridized carbons (Fsp3) is 0.105. The molecular formula is C19H9F7N4. The first-order valence-corrected chi connectivity index (χ1v) is 8.28. The highest BCUT2D eigenvalue weighted by Gasteiger charge is 2.36. The molecule has 30 heavy (non-hydrogen) atoms. The zero-order chi connectivity index (χ0) is 21.7. The second kappa shape index (κ2) is 6.78. The van der Waals surface area contributed by atoms with Gasteiger partial charge in [0.1, 0.15) is 23.5 Å². The Kier molecular flexibility index (Phi) is 4.48. The van der Waals surface area contributed by atoms with Crippen molar-refractivity contribution in [3.05, 3.63) is 72.2 Å². The van der Waals surface area contributed by atoms with Crippen molar-refractivity contribution in [2.45, 2.75) is 12.4 Å². The van der Waals surface area contributed by atoms with Gasteiger partial charge in [0.15, 0.2) is 5.65 Å². The van der Waals surface area contributed by atoms with Crippen LogP contribution in [0.5, 0.6) is 0 Å². The van der Waals surface area contributed by atoms with Gasteiger partial charge in [-0.3, -0.25) is 9.38 Å². The molecule has 0 amide bonds. The van der Waals surface area contributed by atoms with Gasteiger partial charge in [-0.1, -0.05) is 6.07 Å². The monoisotopic (exact) mass is 426 g/mol. The molecule has 11 heteroatoms. The van der Waals surface area contributed by atoms with Gasteiger partial charge in [-0.15, -0.1) is 0 Å². The molecule has 3 heterocycles. The van der Waals surface area contributed by atoms with Crippen molar-refractivity contribution >= 4 is 5.65 Å². The van der Waals surface area contributed by atoms with E-state index in [1.807, 2.05) is 0 Å². The van der Waals surface area contributed by atoms with E-state index in [0.29, 0.717) is 23.8 Å². The van der Waals surface area contributed by atoms with Crippen molar-refractivity contribution in [2.75, 3.05) is 0 Å². The number of imidazole rings is 1. The number of halogens is 7. The van der Waals surface area contributed by atoms with E-state index >= 15 is 0 Å². The van der Waals surface area contributed by atoms with Crippen molar-refractivity contribution < 1.29 is 30.7 Å². The lowest BCUT2D eigenvalue weighted by atomic mass is 10.1. The Labute approximate surface area is 163 Å². The number of aromatic nitrogens is 4. The molecule has 0 saturated carbocycles. The summed E-state index contributed by atoms with van der Waals surface area (Å²) < 4.78 is 93.9. The zero-order valence-electron chi connectivity index (χ0n) is 14.6. The molecule has 4 nitrogen and oxygen atoms in total. The number of rotatable bonds is 2. The third-order valence-corrected chi connectivity index (χ3v) is 4.32. The first-order chi connectivity index (χ1) is 14.1. The molecule has 0 atom stereocenters. The quantitative estimate of drug-likeness (QED) is 0.390. The van der Waals surface area contributed by atoms with E-state index in [0.717, 1.165) is 16.8 Å². The highest BCUT2D eigenvalue weighted by Crippen LogP contribution is 2.36. The average Bonchev–Trinajstić information content (AvgIpc) is 3.10. The van der Waals surface area contributed by atoms with Crippen LogP contribution in [0.2, 0.25) is 0 Å². The summed E-state index contributed by atoms with van der Waals surface area (Å²) >= 11 is 0. The number of nitrogens with zero attached hydrogens (tertiary/aromatic N) is 4. The van der Waals surface area contributed by atoms with Crippen LogP contribution >= 0.6 is 0 Å². The Bertz CT molecular complexity index is 1230. The lowest BCUT2D eigenvalue weighted by Crippen LogP contribution is -2.12. The fourth-order valence-electron chi connectivity index (χ4n) is 2.95. The van der Waals surface area contributed by atoms with E-state index < -0.39 is 29.4 Å². The molecule has 4 aromatic rings. The molecule has 0 radical (unpaired) electrons. The van der Waals surface area contributed by atoms with E-state index in [2.05, 4.69) is 15.0 Å². The Morgan fingerprint density at radius 1 is 0.800 bits per heavy atom. The van der Waals surface area contributed by atoms with Crippen molar-refractivity contribution in [2.24, 2.45) is 0 Å². The van der Waals surface area contributed by atoms with Crippen LogP contribution < -0.4 is 0 Å². The second-order valence-electron chi connectivity index (χ2n) is 6.24. The third kappa shape index (κ3) is 3.46. The molecule has 0 aliphatic rings. The van der Waals surface area contributed by atoms with Crippen LogP contribution in [0, 0.1) is 5.82 Å². The van der Waals surface area contributed by atoms with E-state index in [1.165, 1.54) is 24.5 Å². The first kappa shape index (κ1) is 19.8. The summed E-state index contributed by atoms with van der Waals surface area (Å²) in [6.07, 6.45) is -5.98. The summed E-state index contributed by atoms with van der Waals surface area (Å²) in [6.45, 7) is 0. The smallest absolute Gasteiger partial charge is 0.278 e. The predicted octanol–water partition coefficient (Wildman–Crippen LogP) is 5.64. The minimum Gasteiger partial charge on any atom is -0.278 e. The average molecular weight is 426 g/mol. The molecule has 0 saturated heterocycles. The molecule has 3 aromatic heterocycles. The number of fused-ring (bicyclic) bond motifs is 1. The largest absolute Gasteiger partial charge is 0.431 e. The lowest BCUT2D eigenvalue weighted by Gasteiger charge is -2.13. The maximum absolute atomic E-state index is 14.0. The summed E-state index contributed by atoms with van der Waals surface area (Å²) in [5, 5.41) is 0. The van der Waals surface area contributed by atoms with Crippen molar-refractivity contribution in [1.82, 2.24) is 19.4 Å². The van der Waals surface area contributed by atoms with E-state index in [1.54, 1.807) is 0 Å². The van der Waals surface area contributed by atoms with Crippen LogP contribution in [0.3, 0.4) is 0 Å². The number of hydrogen-bond acceptors (Lipinski definition) is 3. The van der Waals surface area contributed by atoms with Gasteiger partial charge in [0.05, 0.1) is 11.3 Å². The summed E-state index contributed by atoms with van der Waals surface area (Å²) in [6, 6.07) is 5.50. The summed E-state index contributed by atoms with van der Waals surface area (Å²) in [5.74, 6) is -1.61. The summed E-state index contributed by atoms with van der Waals surface area (Å²) in [5.41, 5.74) is -2.92. The third-order valence-electron chi connectivity index (χ3n) is 4.32. The van der Waals surface area contributed by atoms with Crippen LogP contribution in [-0.2, 0) is 12.4 Å². The van der Waals surface area contributed by atoms with Gasteiger partial charge < -0.3 is 0 Å². The molecule has 0 N–H and O–H groups in total. The molecule has 0 unspecified atom stereocenters. The Morgan fingerprint density at radius 2 is 1.50 bits per heavy atom. The normalized spacial score (nSPS) is 12.5. The van der Waals surface area contributed by atoms with Gasteiger partial charge in [0.25, 0.3) is 0 Å². The standard InChI is InChI=1S/C19H9F7N4/c20-13-7-11(1-2-12(13)18(21,22)23)14-8-15(19(24,25)26)30-9-28-16(17(30)29-14)10-3-5-27-6-4-10/h1-9H. The minimum absolute atomic E-state index is 0.108. The van der Waals surface area contributed by atoms with E-state index in [-0.39, 0.29) is 22.6 Å². The van der Waals surface area contributed by atoms with Crippen LogP contribution in [0.4, 0.5) is 30.7 Å². The van der Waals surface area contributed by atoms with Crippen molar-refractivity contribution in [3.63, 3.8) is 0 Å². The molecule has 0 bridgehead atoms. The second-order valence-corrected chi connectivity index (χ2v) is 6.24. The van der Waals surface area contributed by atoms with Gasteiger partial charge in [0, 0.05) is 23.5 Å². The Hall–Kier alpha value is -3.50. The van der Waals surface area contributed by atoms with Gasteiger partial charge in [-0.05, 0) is 30.3 Å². The molecular weight excluding hydrogens is 417 g/mol. The zero-order valence-corrected chi connectivity index (χ0v) is 14.6. The van der Waals surface area contributed by atoms with Gasteiger partial charge in [-0.25, -0.2) is 14.4 Å². The molecule has 4 rings (SSSR count). The number of hydrogen-bond donors (Lipinski definition) is 0.